The van der Waals surface area contributed by atoms with Crippen molar-refractivity contribution >= 4 is 47.1 Å². The Balaban J connectivity index is -0.0000000200. The fourth-order valence-electron chi connectivity index (χ4n) is 0. The van der Waals surface area contributed by atoms with Crippen molar-refractivity contribution in [2.24, 2.45) is 0 Å². The van der Waals surface area contributed by atoms with Gasteiger partial charge >= 0.3 is 73.5 Å². The quantitative estimate of drug-likeness (QED) is 0.306. The summed E-state index contributed by atoms with van der Waals surface area (Å²) >= 11 is 3.42. The maximum absolute atomic E-state index is 2.07. The van der Waals surface area contributed by atoms with E-state index in [9.17, 15) is 0 Å². The first-order valence-electron chi connectivity index (χ1n) is 0.312. The van der Waals surface area contributed by atoms with Gasteiger partial charge in [0.05, 0.1) is 0 Å². The minimum absolute atomic E-state index is 0. The molecule has 0 aliphatic heterocycles. The molecule has 0 atom stereocenters. The monoisotopic (exact) mass is 547 g/mol. The zero-order valence-corrected chi connectivity index (χ0v) is 15.3. The van der Waals surface area contributed by atoms with E-state index in [0.717, 1.165) is 0 Å². The zero-order valence-electron chi connectivity index (χ0n) is 2.36. The fraction of sp³-hybridized carbons (Fsp3) is 0. The van der Waals surface area contributed by atoms with Crippen molar-refractivity contribution in [3.8, 4) is 0 Å². The Morgan fingerprint density at radius 3 is 1.60 bits per heavy atom. The van der Waals surface area contributed by atoms with Crippen LogP contribution in [0.25, 0.3) is 0 Å². The Kier molecular flexibility index (Phi) is 49.4. The second kappa shape index (κ2) is 15.7. The van der Waals surface area contributed by atoms with Crippen molar-refractivity contribution in [3.63, 3.8) is 0 Å². The minimum atomic E-state index is 0. The number of rotatable bonds is 0. The summed E-state index contributed by atoms with van der Waals surface area (Å²) < 4.78 is 0. The van der Waals surface area contributed by atoms with Crippen LogP contribution in [0, 0.1) is 0 Å². The third-order valence-electron chi connectivity index (χ3n) is 0. The van der Waals surface area contributed by atoms with Gasteiger partial charge in [0.1, 0.15) is 0 Å². The first-order valence-corrected chi connectivity index (χ1v) is 8.20. The topological polar surface area (TPSA) is 0 Å². The molecule has 0 spiro atoms. The predicted octanol–water partition coefficient (Wildman–Crippen LogP) is -2.11. The van der Waals surface area contributed by atoms with Crippen LogP contribution < -0.4 is 0 Å². The van der Waals surface area contributed by atoms with Crippen LogP contribution in [-0.2, 0) is 43.5 Å². The third-order valence-corrected chi connectivity index (χ3v) is 0. The molecule has 0 aromatic heterocycles. The molecule has 5 heavy (non-hydrogen) atoms. The second-order valence-corrected chi connectivity index (χ2v) is 12.2. The van der Waals surface area contributed by atoms with E-state index in [4.69, 9.17) is 0 Å². The maximum atomic E-state index is 2.07. The Morgan fingerprint density at radius 1 is 1.60 bits per heavy atom. The molecular weight excluding hydrogens is 541 g/mol. The van der Waals surface area contributed by atoms with Crippen LogP contribution in [0.1, 0.15) is 0 Å². The normalized spacial score (nSPS) is 4.20. The first kappa shape index (κ1) is 15.8. The Hall–Kier alpha value is 3.40. The third kappa shape index (κ3) is 18.7. The molecule has 0 saturated heterocycles. The van der Waals surface area contributed by atoms with Gasteiger partial charge in [0, 0.05) is 17.1 Å². The van der Waals surface area contributed by atoms with Crippen LogP contribution in [-0.4, -0.2) is 47.1 Å². The van der Waals surface area contributed by atoms with Gasteiger partial charge in [0.2, 0.25) is 0 Å². The molecule has 0 saturated carbocycles. The van der Waals surface area contributed by atoms with Crippen molar-refractivity contribution in [3.05, 3.63) is 0 Å². The van der Waals surface area contributed by atoms with Crippen molar-refractivity contribution in [1.29, 1.82) is 0 Å². The second-order valence-electron chi connectivity index (χ2n) is 0.0745. The fourth-order valence-corrected chi connectivity index (χ4v) is 0. The molecule has 39 valence electrons. The van der Waals surface area contributed by atoms with Gasteiger partial charge < -0.3 is 0 Å². The van der Waals surface area contributed by atoms with Gasteiger partial charge in [-0.1, -0.05) is 0 Å². The average molecular weight is 546 g/mol. The molecule has 0 unspecified atom stereocenters. The van der Waals surface area contributed by atoms with Crippen molar-refractivity contribution in [2.75, 3.05) is 0 Å². The van der Waals surface area contributed by atoms with Crippen LogP contribution >= 0.6 is 0 Å². The van der Waals surface area contributed by atoms with Crippen LogP contribution in [0.2, 0.25) is 0 Å². The average Bonchev–Trinajstić information content (AvgIpc) is 0.918. The van der Waals surface area contributed by atoms with E-state index < -0.39 is 0 Å². The van der Waals surface area contributed by atoms with E-state index in [1.165, 1.54) is 20.9 Å². The summed E-state index contributed by atoms with van der Waals surface area (Å²) in [6.45, 7) is 0. The van der Waals surface area contributed by atoms with Gasteiger partial charge in [-0.25, -0.2) is 0 Å². The van der Waals surface area contributed by atoms with E-state index in [1.54, 1.807) is 8.57 Å². The van der Waals surface area contributed by atoms with Crippen LogP contribution in [0.4, 0.5) is 0 Å². The van der Waals surface area contributed by atoms with Crippen LogP contribution in [0.3, 0.4) is 0 Å². The Bertz CT molecular complexity index is 11.6. The predicted molar refractivity (Wildman–Crippen MR) is 18.5 cm³/mol. The molecule has 0 aromatic carbocycles. The molecule has 5 heteroatoms. The van der Waals surface area contributed by atoms with Crippen molar-refractivity contribution in [2.45, 2.75) is 0 Å². The molecule has 0 fully saturated rings. The molecule has 0 radical (unpaired) electrons. The molecule has 0 aliphatic rings. The first-order chi connectivity index (χ1) is 1.41. The summed E-state index contributed by atoms with van der Waals surface area (Å²) in [5, 5.41) is 0. The molecule has 0 aromatic rings. The molecule has 0 heterocycles. The van der Waals surface area contributed by atoms with E-state index >= 15 is 0 Å². The number of hydrogen-bond donors (Lipinski definition) is 0. The van der Waals surface area contributed by atoms with Crippen LogP contribution in [0.15, 0.2) is 0 Å². The van der Waals surface area contributed by atoms with Crippen molar-refractivity contribution < 1.29 is 43.5 Å². The van der Waals surface area contributed by atoms with Gasteiger partial charge in [0.25, 0.3) is 0 Å². The zero-order chi connectivity index (χ0) is 2.71. The summed E-state index contributed by atoms with van der Waals surface area (Å²) in [6, 6.07) is 0. The molecular formula is H5BiFeMoNiSb. The van der Waals surface area contributed by atoms with E-state index in [1.807, 2.05) is 0 Å². The number of hydrogen-bond acceptors (Lipinski definition) is 0. The Morgan fingerprint density at radius 2 is 1.60 bits per heavy atom. The molecule has 0 nitrogen and oxygen atoms in total. The summed E-state index contributed by atoms with van der Waals surface area (Å²) in [6.07, 6.45) is 0. The van der Waals surface area contributed by atoms with Crippen LogP contribution in [0.5, 0.6) is 0 Å². The molecule has 0 aliphatic carbocycles. The van der Waals surface area contributed by atoms with Gasteiger partial charge in [-0.3, -0.25) is 0 Å². The molecule has 0 N–H and O–H groups in total. The molecule has 0 rings (SSSR count). The SMILES string of the molecule is [BiH3].[Fe].[Mo][Ni][SbH2]. The van der Waals surface area contributed by atoms with E-state index in [0.29, 0.717) is 0 Å². The molecule has 0 bridgehead atoms. The van der Waals surface area contributed by atoms with Crippen molar-refractivity contribution in [1.82, 2.24) is 0 Å². The summed E-state index contributed by atoms with van der Waals surface area (Å²) in [5.74, 6) is 0. The standard InChI is InChI=1S/Bi.Fe.Mo.Ni.Sb.5H. The van der Waals surface area contributed by atoms with Gasteiger partial charge in [-0.15, -0.1) is 0 Å². The van der Waals surface area contributed by atoms with Gasteiger partial charge in [-0.2, -0.15) is 0 Å². The van der Waals surface area contributed by atoms with Gasteiger partial charge in [-0.05, 0) is 0 Å². The van der Waals surface area contributed by atoms with E-state index in [2.05, 4.69) is 17.9 Å². The summed E-state index contributed by atoms with van der Waals surface area (Å²) in [4.78, 5) is 0. The van der Waals surface area contributed by atoms with Gasteiger partial charge in [0.15, 0.2) is 0 Å². The van der Waals surface area contributed by atoms with E-state index in [-0.39, 0.29) is 43.3 Å². The summed E-state index contributed by atoms with van der Waals surface area (Å²) in [7, 11) is 1.76. The Labute approximate surface area is 88.6 Å². The molecule has 0 amide bonds. The summed E-state index contributed by atoms with van der Waals surface area (Å²) in [5.41, 5.74) is 0.